The number of nitrogens with one attached hydrogen (secondary N) is 1. The van der Waals surface area contributed by atoms with E-state index in [2.05, 4.69) is 5.32 Å². The Morgan fingerprint density at radius 1 is 1.00 bits per heavy atom. The van der Waals surface area contributed by atoms with E-state index in [1.807, 2.05) is 55.5 Å². The maximum absolute atomic E-state index is 13.2. The summed E-state index contributed by atoms with van der Waals surface area (Å²) in [5, 5.41) is 3.61. The molecular formula is C23H22ClNO3. The molecule has 0 bridgehead atoms. The van der Waals surface area contributed by atoms with E-state index in [-0.39, 0.29) is 29.9 Å². The van der Waals surface area contributed by atoms with Gasteiger partial charge in [-0.05, 0) is 37.0 Å². The fourth-order valence-electron chi connectivity index (χ4n) is 4.31. The molecule has 1 heterocycles. The van der Waals surface area contributed by atoms with E-state index < -0.39 is 0 Å². The summed E-state index contributed by atoms with van der Waals surface area (Å²) in [6.45, 7) is 2.46. The van der Waals surface area contributed by atoms with Crippen LogP contribution in [0.2, 0.25) is 5.02 Å². The van der Waals surface area contributed by atoms with Gasteiger partial charge in [0.2, 0.25) is 5.91 Å². The van der Waals surface area contributed by atoms with Crippen molar-refractivity contribution in [1.82, 2.24) is 5.32 Å². The third kappa shape index (κ3) is 3.45. The molecule has 0 aromatic heterocycles. The predicted molar refractivity (Wildman–Crippen MR) is 109 cm³/mol. The second-order valence-electron chi connectivity index (χ2n) is 7.22. The molecule has 0 fully saturated rings. The van der Waals surface area contributed by atoms with Crippen molar-refractivity contribution in [2.75, 3.05) is 6.61 Å². The number of carbonyl (C=O) groups excluding carboxylic acids is 2. The van der Waals surface area contributed by atoms with Gasteiger partial charge in [-0.25, -0.2) is 0 Å². The van der Waals surface area contributed by atoms with Crippen LogP contribution in [0.25, 0.3) is 0 Å². The summed E-state index contributed by atoms with van der Waals surface area (Å²) in [6.07, 6.45) is 1.25. The van der Waals surface area contributed by atoms with Crippen LogP contribution in [0.15, 0.2) is 59.8 Å². The minimum Gasteiger partial charge on any atom is -0.494 e. The summed E-state index contributed by atoms with van der Waals surface area (Å²) in [7, 11) is 0. The molecule has 2 aromatic rings. The van der Waals surface area contributed by atoms with Crippen molar-refractivity contribution in [3.05, 3.63) is 76.0 Å². The van der Waals surface area contributed by atoms with E-state index in [1.54, 1.807) is 0 Å². The van der Waals surface area contributed by atoms with Crippen LogP contribution < -0.4 is 10.1 Å². The molecule has 28 heavy (non-hydrogen) atoms. The standard InChI is InChI=1S/C23H22ClNO3/c1-2-28-21-10-6-4-8-16(21)17-13-22(27)25-19-11-14(12-20(26)23(17)19)15-7-3-5-9-18(15)24/h3-10,14,17H,2,11-13H2,1H3,(H,25,27)/t14-,17+/m0/s1. The Kier molecular flexibility index (Phi) is 5.23. The Bertz CT molecular complexity index is 966. The topological polar surface area (TPSA) is 55.4 Å². The summed E-state index contributed by atoms with van der Waals surface area (Å²) >= 11 is 6.36. The summed E-state index contributed by atoms with van der Waals surface area (Å²) in [5.74, 6) is 0.440. The minimum atomic E-state index is -0.272. The first-order valence-corrected chi connectivity index (χ1v) is 9.98. The first-order valence-electron chi connectivity index (χ1n) is 9.60. The molecule has 0 radical (unpaired) electrons. The Morgan fingerprint density at radius 2 is 1.71 bits per heavy atom. The van der Waals surface area contributed by atoms with Crippen LogP contribution in [0.5, 0.6) is 5.75 Å². The van der Waals surface area contributed by atoms with Crippen molar-refractivity contribution < 1.29 is 14.3 Å². The first kappa shape index (κ1) is 18.8. The van der Waals surface area contributed by atoms with Gasteiger partial charge in [-0.1, -0.05) is 48.0 Å². The summed E-state index contributed by atoms with van der Waals surface area (Å²) in [6, 6.07) is 15.3. The molecule has 0 saturated heterocycles. The molecule has 1 aliphatic heterocycles. The highest BCUT2D eigenvalue weighted by Gasteiger charge is 2.39. The number of para-hydroxylation sites is 1. The van der Waals surface area contributed by atoms with Gasteiger partial charge in [0.25, 0.3) is 0 Å². The number of amides is 1. The second kappa shape index (κ2) is 7.80. The molecule has 0 saturated carbocycles. The van der Waals surface area contributed by atoms with Gasteiger partial charge in [-0.3, -0.25) is 9.59 Å². The number of Topliss-reactive ketones (excluding diaryl/α,β-unsaturated/α-hetero) is 1. The zero-order chi connectivity index (χ0) is 19.7. The Labute approximate surface area is 169 Å². The summed E-state index contributed by atoms with van der Waals surface area (Å²) < 4.78 is 5.76. The normalized spacial score (nSPS) is 21.9. The average molecular weight is 396 g/mol. The number of ketones is 1. The second-order valence-corrected chi connectivity index (χ2v) is 7.63. The lowest BCUT2D eigenvalue weighted by molar-refractivity contribution is -0.122. The number of ether oxygens (including phenoxy) is 1. The third-order valence-corrected chi connectivity index (χ3v) is 5.82. The Balaban J connectivity index is 1.74. The minimum absolute atomic E-state index is 0.0267. The average Bonchev–Trinajstić information content (AvgIpc) is 2.68. The smallest absolute Gasteiger partial charge is 0.225 e. The molecule has 1 amide bonds. The number of allylic oxidation sites excluding steroid dienone is 2. The van der Waals surface area contributed by atoms with Gasteiger partial charge in [0.15, 0.2) is 5.78 Å². The monoisotopic (exact) mass is 395 g/mol. The van der Waals surface area contributed by atoms with E-state index in [0.717, 1.165) is 28.1 Å². The van der Waals surface area contributed by atoms with Crippen molar-refractivity contribution in [2.45, 2.75) is 38.0 Å². The van der Waals surface area contributed by atoms with Crippen LogP contribution in [0.3, 0.4) is 0 Å². The molecule has 4 rings (SSSR count). The van der Waals surface area contributed by atoms with E-state index in [0.29, 0.717) is 24.5 Å². The lowest BCUT2D eigenvalue weighted by Crippen LogP contribution is -2.38. The summed E-state index contributed by atoms with van der Waals surface area (Å²) in [4.78, 5) is 25.7. The van der Waals surface area contributed by atoms with Gasteiger partial charge in [-0.15, -0.1) is 0 Å². The number of hydrogen-bond acceptors (Lipinski definition) is 3. The van der Waals surface area contributed by atoms with E-state index >= 15 is 0 Å². The first-order chi connectivity index (χ1) is 13.6. The maximum Gasteiger partial charge on any atom is 0.225 e. The molecule has 1 N–H and O–H groups in total. The quantitative estimate of drug-likeness (QED) is 0.813. The van der Waals surface area contributed by atoms with Crippen molar-refractivity contribution in [3.63, 3.8) is 0 Å². The van der Waals surface area contributed by atoms with E-state index in [4.69, 9.17) is 16.3 Å². The molecular weight excluding hydrogens is 374 g/mol. The van der Waals surface area contributed by atoms with E-state index in [1.165, 1.54) is 0 Å². The van der Waals surface area contributed by atoms with Crippen LogP contribution >= 0.6 is 11.6 Å². The molecule has 0 unspecified atom stereocenters. The van der Waals surface area contributed by atoms with Gasteiger partial charge < -0.3 is 10.1 Å². The predicted octanol–water partition coefficient (Wildman–Crippen LogP) is 4.74. The number of benzene rings is 2. The third-order valence-electron chi connectivity index (χ3n) is 5.48. The number of rotatable bonds is 4. The molecule has 0 spiro atoms. The number of hydrogen-bond donors (Lipinski definition) is 1. The van der Waals surface area contributed by atoms with Crippen molar-refractivity contribution in [1.29, 1.82) is 0 Å². The largest absolute Gasteiger partial charge is 0.494 e. The van der Waals surface area contributed by atoms with Crippen LogP contribution in [-0.2, 0) is 9.59 Å². The van der Waals surface area contributed by atoms with Crippen LogP contribution in [-0.4, -0.2) is 18.3 Å². The molecule has 4 nitrogen and oxygen atoms in total. The van der Waals surface area contributed by atoms with Crippen LogP contribution in [0.4, 0.5) is 0 Å². The Hall–Kier alpha value is -2.59. The molecule has 2 aliphatic rings. The molecule has 2 aromatic carbocycles. The van der Waals surface area contributed by atoms with Gasteiger partial charge in [-0.2, -0.15) is 0 Å². The SMILES string of the molecule is CCOc1ccccc1[C@H]1CC(=O)NC2=C1C(=O)C[C@@H](c1ccccc1Cl)C2. The highest BCUT2D eigenvalue weighted by molar-refractivity contribution is 6.31. The van der Waals surface area contributed by atoms with Gasteiger partial charge in [0.05, 0.1) is 6.61 Å². The van der Waals surface area contributed by atoms with Crippen LogP contribution in [0.1, 0.15) is 49.1 Å². The maximum atomic E-state index is 13.2. The molecule has 1 aliphatic carbocycles. The molecule has 144 valence electrons. The van der Waals surface area contributed by atoms with E-state index in [9.17, 15) is 9.59 Å². The number of halogens is 1. The van der Waals surface area contributed by atoms with Crippen molar-refractivity contribution in [3.8, 4) is 5.75 Å². The zero-order valence-corrected chi connectivity index (χ0v) is 16.5. The Morgan fingerprint density at radius 3 is 2.46 bits per heavy atom. The van der Waals surface area contributed by atoms with Crippen molar-refractivity contribution >= 4 is 23.3 Å². The van der Waals surface area contributed by atoms with Crippen molar-refractivity contribution in [2.24, 2.45) is 0 Å². The lowest BCUT2D eigenvalue weighted by atomic mass is 9.73. The fourth-order valence-corrected chi connectivity index (χ4v) is 4.60. The van der Waals surface area contributed by atoms with Gasteiger partial charge in [0, 0.05) is 40.6 Å². The highest BCUT2D eigenvalue weighted by atomic mass is 35.5. The molecule has 5 heteroatoms. The van der Waals surface area contributed by atoms with Gasteiger partial charge >= 0.3 is 0 Å². The lowest BCUT2D eigenvalue weighted by Gasteiger charge is -2.35. The summed E-state index contributed by atoms with van der Waals surface area (Å²) in [5.41, 5.74) is 3.30. The highest BCUT2D eigenvalue weighted by Crippen LogP contribution is 2.45. The van der Waals surface area contributed by atoms with Gasteiger partial charge in [0.1, 0.15) is 5.75 Å². The number of carbonyl (C=O) groups is 2. The molecule has 2 atom stereocenters. The fraction of sp³-hybridized carbons (Fsp3) is 0.304. The van der Waals surface area contributed by atoms with Crippen LogP contribution in [0, 0.1) is 0 Å². The zero-order valence-electron chi connectivity index (χ0n) is 15.7.